The second kappa shape index (κ2) is 5.96. The first-order chi connectivity index (χ1) is 11.4. The summed E-state index contributed by atoms with van der Waals surface area (Å²) in [6, 6.07) is 9.86. The van der Waals surface area contributed by atoms with Gasteiger partial charge in [0, 0.05) is 30.2 Å². The molecule has 0 bridgehead atoms. The van der Waals surface area contributed by atoms with E-state index in [1.54, 1.807) is 23.9 Å². The number of nitrogens with one attached hydrogen (secondary N) is 1. The van der Waals surface area contributed by atoms with Crippen molar-refractivity contribution in [2.75, 3.05) is 5.32 Å². The van der Waals surface area contributed by atoms with Crippen molar-refractivity contribution >= 4 is 11.7 Å². The number of carbonyl (C=O) groups excluding carboxylic acids is 1. The first-order valence-corrected chi connectivity index (χ1v) is 7.63. The number of carbonyl (C=O) groups is 1. The summed E-state index contributed by atoms with van der Waals surface area (Å²) in [5, 5.41) is 7.10. The Labute approximate surface area is 139 Å². The van der Waals surface area contributed by atoms with Crippen LogP contribution in [0.25, 0.3) is 5.69 Å². The van der Waals surface area contributed by atoms with Gasteiger partial charge in [0.25, 0.3) is 5.91 Å². The minimum absolute atomic E-state index is 0.195. The first-order valence-electron chi connectivity index (χ1n) is 7.63. The molecule has 0 atom stereocenters. The monoisotopic (exact) mass is 326 g/mol. The van der Waals surface area contributed by atoms with Gasteiger partial charge in [0.2, 0.25) is 0 Å². The molecule has 124 valence electrons. The number of benzene rings is 1. The predicted molar refractivity (Wildman–Crippen MR) is 91.1 cm³/mol. The Balaban J connectivity index is 1.95. The largest absolute Gasteiger partial charge is 0.318 e. The maximum Gasteiger partial charge on any atom is 0.258 e. The van der Waals surface area contributed by atoms with Crippen LogP contribution < -0.4 is 5.32 Å². The molecular formula is C18H19FN4O. The van der Waals surface area contributed by atoms with E-state index in [0.717, 1.165) is 22.8 Å². The standard InChI is InChI=1S/C18H19FN4O/c1-11-9-17(22(4)21-11)20-18(24)16-10-12(2)23(13(16)3)15-7-5-14(19)6-8-15/h5-10H,1-4H3,(H,20,24). The zero-order valence-corrected chi connectivity index (χ0v) is 14.1. The van der Waals surface area contributed by atoms with Gasteiger partial charge in [-0.2, -0.15) is 5.10 Å². The summed E-state index contributed by atoms with van der Waals surface area (Å²) in [5.74, 6) is 0.161. The van der Waals surface area contributed by atoms with Crippen LogP contribution in [-0.2, 0) is 7.05 Å². The van der Waals surface area contributed by atoms with Crippen molar-refractivity contribution in [3.63, 3.8) is 0 Å². The van der Waals surface area contributed by atoms with Gasteiger partial charge in [0.1, 0.15) is 11.6 Å². The van der Waals surface area contributed by atoms with Crippen molar-refractivity contribution in [2.45, 2.75) is 20.8 Å². The van der Waals surface area contributed by atoms with Gasteiger partial charge in [0.15, 0.2) is 0 Å². The lowest BCUT2D eigenvalue weighted by Gasteiger charge is -2.10. The van der Waals surface area contributed by atoms with Crippen LogP contribution >= 0.6 is 0 Å². The fourth-order valence-electron chi connectivity index (χ4n) is 2.89. The van der Waals surface area contributed by atoms with Gasteiger partial charge in [-0.25, -0.2) is 4.39 Å². The lowest BCUT2D eigenvalue weighted by Crippen LogP contribution is -2.15. The van der Waals surface area contributed by atoms with Gasteiger partial charge in [-0.15, -0.1) is 0 Å². The van der Waals surface area contributed by atoms with Crippen LogP contribution in [0.1, 0.15) is 27.4 Å². The van der Waals surface area contributed by atoms with Crippen molar-refractivity contribution < 1.29 is 9.18 Å². The van der Waals surface area contributed by atoms with Gasteiger partial charge in [0.05, 0.1) is 11.3 Å². The van der Waals surface area contributed by atoms with Gasteiger partial charge in [-0.3, -0.25) is 9.48 Å². The molecule has 5 nitrogen and oxygen atoms in total. The lowest BCUT2D eigenvalue weighted by atomic mass is 10.2. The number of rotatable bonds is 3. The number of aromatic nitrogens is 3. The van der Waals surface area contributed by atoms with E-state index < -0.39 is 0 Å². The second-order valence-corrected chi connectivity index (χ2v) is 5.85. The average molecular weight is 326 g/mol. The van der Waals surface area contributed by atoms with E-state index in [1.165, 1.54) is 12.1 Å². The van der Waals surface area contributed by atoms with Crippen molar-refractivity contribution in [1.82, 2.24) is 14.3 Å². The quantitative estimate of drug-likeness (QED) is 0.800. The van der Waals surface area contributed by atoms with E-state index in [0.29, 0.717) is 11.4 Å². The molecule has 0 saturated heterocycles. The van der Waals surface area contributed by atoms with Crippen molar-refractivity contribution in [3.05, 3.63) is 64.9 Å². The van der Waals surface area contributed by atoms with Crippen molar-refractivity contribution in [1.29, 1.82) is 0 Å². The summed E-state index contributed by atoms with van der Waals surface area (Å²) >= 11 is 0. The highest BCUT2D eigenvalue weighted by Crippen LogP contribution is 2.22. The first kappa shape index (κ1) is 16.0. The molecule has 0 aliphatic heterocycles. The second-order valence-electron chi connectivity index (χ2n) is 5.85. The molecule has 2 aromatic heterocycles. The number of halogens is 1. The number of anilines is 1. The third kappa shape index (κ3) is 2.82. The minimum Gasteiger partial charge on any atom is -0.318 e. The van der Waals surface area contributed by atoms with E-state index in [9.17, 15) is 9.18 Å². The fraction of sp³-hybridized carbons (Fsp3) is 0.222. The molecule has 0 aliphatic carbocycles. The van der Waals surface area contributed by atoms with Crippen LogP contribution in [0.3, 0.4) is 0 Å². The summed E-state index contributed by atoms with van der Waals surface area (Å²) in [4.78, 5) is 12.6. The molecule has 0 saturated carbocycles. The number of hydrogen-bond acceptors (Lipinski definition) is 2. The molecule has 1 N–H and O–H groups in total. The van der Waals surface area contributed by atoms with Gasteiger partial charge < -0.3 is 9.88 Å². The maximum absolute atomic E-state index is 13.1. The number of nitrogens with zero attached hydrogens (tertiary/aromatic N) is 3. The van der Waals surface area contributed by atoms with Gasteiger partial charge in [-0.05, 0) is 51.1 Å². The highest BCUT2D eigenvalue weighted by molar-refractivity contribution is 6.05. The fourth-order valence-corrected chi connectivity index (χ4v) is 2.89. The minimum atomic E-state index is -0.286. The summed E-state index contributed by atoms with van der Waals surface area (Å²) in [6.45, 7) is 5.66. The average Bonchev–Trinajstić information content (AvgIpc) is 2.99. The molecular weight excluding hydrogens is 307 g/mol. The van der Waals surface area contributed by atoms with Gasteiger partial charge >= 0.3 is 0 Å². The van der Waals surface area contributed by atoms with E-state index in [4.69, 9.17) is 0 Å². The molecule has 0 spiro atoms. The topological polar surface area (TPSA) is 51.9 Å². The Hall–Kier alpha value is -2.89. The molecule has 2 heterocycles. The Morgan fingerprint density at radius 1 is 1.12 bits per heavy atom. The van der Waals surface area contributed by atoms with Crippen LogP contribution in [0.2, 0.25) is 0 Å². The summed E-state index contributed by atoms with van der Waals surface area (Å²) in [6.07, 6.45) is 0. The third-order valence-corrected chi connectivity index (χ3v) is 4.00. The van der Waals surface area contributed by atoms with Crippen LogP contribution in [0, 0.1) is 26.6 Å². The molecule has 6 heteroatoms. The van der Waals surface area contributed by atoms with E-state index in [-0.39, 0.29) is 11.7 Å². The smallest absolute Gasteiger partial charge is 0.258 e. The number of amides is 1. The van der Waals surface area contributed by atoms with Crippen LogP contribution in [0.5, 0.6) is 0 Å². The molecule has 0 radical (unpaired) electrons. The summed E-state index contributed by atoms with van der Waals surface area (Å²) < 4.78 is 16.7. The van der Waals surface area contributed by atoms with E-state index in [2.05, 4.69) is 10.4 Å². The number of aryl methyl sites for hydroxylation is 3. The Morgan fingerprint density at radius 3 is 2.38 bits per heavy atom. The predicted octanol–water partition coefficient (Wildman–Crippen LogP) is 3.53. The molecule has 1 amide bonds. The lowest BCUT2D eigenvalue weighted by molar-refractivity contribution is 0.102. The van der Waals surface area contributed by atoms with Crippen molar-refractivity contribution in [2.24, 2.45) is 7.05 Å². The highest BCUT2D eigenvalue weighted by atomic mass is 19.1. The van der Waals surface area contributed by atoms with Crippen LogP contribution in [0.15, 0.2) is 36.4 Å². The van der Waals surface area contributed by atoms with Crippen LogP contribution in [-0.4, -0.2) is 20.3 Å². The van der Waals surface area contributed by atoms with Gasteiger partial charge in [-0.1, -0.05) is 0 Å². The summed E-state index contributed by atoms with van der Waals surface area (Å²) in [5.41, 5.74) is 3.95. The normalized spacial score (nSPS) is 10.9. The Morgan fingerprint density at radius 2 is 1.79 bits per heavy atom. The zero-order chi connectivity index (χ0) is 17.4. The molecule has 3 rings (SSSR count). The summed E-state index contributed by atoms with van der Waals surface area (Å²) in [7, 11) is 1.78. The zero-order valence-electron chi connectivity index (χ0n) is 14.1. The molecule has 0 unspecified atom stereocenters. The number of hydrogen-bond donors (Lipinski definition) is 1. The van der Waals surface area contributed by atoms with Crippen LogP contribution in [0.4, 0.5) is 10.2 Å². The molecule has 3 aromatic rings. The third-order valence-electron chi connectivity index (χ3n) is 4.00. The van der Waals surface area contributed by atoms with Crippen molar-refractivity contribution in [3.8, 4) is 5.69 Å². The SMILES string of the molecule is Cc1cc(NC(=O)c2cc(C)n(-c3ccc(F)cc3)c2C)n(C)n1. The Kier molecular flexibility index (Phi) is 3.97. The Bertz CT molecular complexity index is 906. The highest BCUT2D eigenvalue weighted by Gasteiger charge is 2.18. The maximum atomic E-state index is 13.1. The van der Waals surface area contributed by atoms with E-state index >= 15 is 0 Å². The molecule has 24 heavy (non-hydrogen) atoms. The molecule has 0 aliphatic rings. The molecule has 0 fully saturated rings. The van der Waals surface area contributed by atoms with E-state index in [1.807, 2.05) is 37.5 Å². The molecule has 1 aromatic carbocycles.